The van der Waals surface area contributed by atoms with E-state index in [1.807, 2.05) is 18.2 Å². The molecule has 5 rings (SSSR count). The van der Waals surface area contributed by atoms with Gasteiger partial charge in [-0.05, 0) is 53.9 Å². The van der Waals surface area contributed by atoms with Crippen LogP contribution in [0.15, 0.2) is 77.3 Å². The highest BCUT2D eigenvalue weighted by atomic mass is 79.9. The minimum Gasteiger partial charge on any atom is -0.349 e. The second kappa shape index (κ2) is 6.70. The molecule has 0 radical (unpaired) electrons. The molecule has 0 saturated heterocycles. The molecular weight excluding hydrogens is 422 g/mol. The average Bonchev–Trinajstić information content (AvgIpc) is 3.07. The summed E-state index contributed by atoms with van der Waals surface area (Å²) in [6.07, 6.45) is 0.941. The average molecular weight is 439 g/mol. The van der Waals surface area contributed by atoms with E-state index in [0.29, 0.717) is 0 Å². The fourth-order valence-electron chi connectivity index (χ4n) is 3.89. The first-order chi connectivity index (χ1) is 13.2. The Morgan fingerprint density at radius 1 is 0.926 bits per heavy atom. The number of halogens is 2. The second-order valence-corrected chi connectivity index (χ2v) is 8.20. The zero-order valence-corrected chi connectivity index (χ0v) is 16.8. The minimum atomic E-state index is 0.194. The van der Waals surface area contributed by atoms with Crippen molar-refractivity contribution in [1.82, 2.24) is 9.55 Å². The maximum atomic E-state index is 6.13. The number of para-hydroxylation sites is 2. The van der Waals surface area contributed by atoms with Gasteiger partial charge in [-0.25, -0.2) is 4.98 Å². The fraction of sp³-hybridized carbons (Fsp3) is 0.136. The van der Waals surface area contributed by atoms with E-state index < -0.39 is 0 Å². The van der Waals surface area contributed by atoms with Crippen molar-refractivity contribution in [2.24, 2.45) is 0 Å². The lowest BCUT2D eigenvalue weighted by Crippen LogP contribution is -2.27. The number of hydrogen-bond donors (Lipinski definition) is 1. The van der Waals surface area contributed by atoms with Crippen LogP contribution in [0, 0.1) is 0 Å². The number of nitrogens with one attached hydrogen (secondary N) is 1. The summed E-state index contributed by atoms with van der Waals surface area (Å²) in [5.41, 5.74) is 4.66. The first kappa shape index (κ1) is 16.8. The van der Waals surface area contributed by atoms with Gasteiger partial charge in [-0.2, -0.15) is 0 Å². The molecule has 4 aromatic rings. The van der Waals surface area contributed by atoms with Gasteiger partial charge < -0.3 is 9.88 Å². The van der Waals surface area contributed by atoms with Crippen molar-refractivity contribution in [3.8, 4) is 0 Å². The number of imidazole rings is 1. The Kier molecular flexibility index (Phi) is 4.18. The number of rotatable bonds is 2. The van der Waals surface area contributed by atoms with Gasteiger partial charge in [0.15, 0.2) is 0 Å². The van der Waals surface area contributed by atoms with Crippen LogP contribution in [0.25, 0.3) is 11.0 Å². The minimum absolute atomic E-state index is 0.194. The van der Waals surface area contributed by atoms with E-state index in [1.165, 1.54) is 11.1 Å². The SMILES string of the molecule is Clc1ccc([C@H]2C[C@H](c3ccc(Br)cc3)Nc3nc4ccccc4n32)cc1. The summed E-state index contributed by atoms with van der Waals surface area (Å²) in [6.45, 7) is 0. The van der Waals surface area contributed by atoms with E-state index in [1.54, 1.807) is 0 Å². The number of benzene rings is 3. The molecule has 1 aromatic heterocycles. The molecule has 0 unspecified atom stereocenters. The molecular formula is C22H17BrClN3. The molecule has 0 saturated carbocycles. The van der Waals surface area contributed by atoms with Crippen LogP contribution in [0.2, 0.25) is 5.02 Å². The van der Waals surface area contributed by atoms with Gasteiger partial charge >= 0.3 is 0 Å². The topological polar surface area (TPSA) is 29.9 Å². The third kappa shape index (κ3) is 3.03. The van der Waals surface area contributed by atoms with Gasteiger partial charge in [-0.1, -0.05) is 63.9 Å². The van der Waals surface area contributed by atoms with E-state index in [9.17, 15) is 0 Å². The normalized spacial score (nSPS) is 18.9. The zero-order chi connectivity index (χ0) is 18.4. The molecule has 3 aromatic carbocycles. The van der Waals surface area contributed by atoms with Crippen LogP contribution in [0.1, 0.15) is 29.6 Å². The van der Waals surface area contributed by atoms with Crippen molar-refractivity contribution in [2.75, 3.05) is 5.32 Å². The van der Waals surface area contributed by atoms with Crippen LogP contribution in [-0.4, -0.2) is 9.55 Å². The molecule has 3 nitrogen and oxygen atoms in total. The number of fused-ring (bicyclic) bond motifs is 3. The van der Waals surface area contributed by atoms with Gasteiger partial charge in [0, 0.05) is 9.50 Å². The lowest BCUT2D eigenvalue weighted by atomic mass is 9.93. The molecule has 1 aliphatic rings. The highest BCUT2D eigenvalue weighted by molar-refractivity contribution is 9.10. The van der Waals surface area contributed by atoms with E-state index >= 15 is 0 Å². The Balaban J connectivity index is 1.65. The Labute approximate surface area is 171 Å². The van der Waals surface area contributed by atoms with Gasteiger partial charge in [0.05, 0.1) is 23.1 Å². The van der Waals surface area contributed by atoms with Crippen molar-refractivity contribution in [3.63, 3.8) is 0 Å². The van der Waals surface area contributed by atoms with Crippen LogP contribution in [-0.2, 0) is 0 Å². The lowest BCUT2D eigenvalue weighted by Gasteiger charge is -2.33. The Bertz CT molecular complexity index is 1100. The predicted molar refractivity (Wildman–Crippen MR) is 114 cm³/mol. The van der Waals surface area contributed by atoms with Crippen molar-refractivity contribution in [2.45, 2.75) is 18.5 Å². The molecule has 134 valence electrons. The van der Waals surface area contributed by atoms with Crippen LogP contribution < -0.4 is 5.32 Å². The van der Waals surface area contributed by atoms with E-state index in [0.717, 1.165) is 32.9 Å². The molecule has 5 heteroatoms. The summed E-state index contributed by atoms with van der Waals surface area (Å²) in [6, 6.07) is 25.4. The van der Waals surface area contributed by atoms with E-state index in [-0.39, 0.29) is 12.1 Å². The third-order valence-corrected chi connectivity index (χ3v) is 5.98. The highest BCUT2D eigenvalue weighted by Crippen LogP contribution is 2.41. The first-order valence-electron chi connectivity index (χ1n) is 8.93. The van der Waals surface area contributed by atoms with Crippen LogP contribution in [0.4, 0.5) is 5.95 Å². The predicted octanol–water partition coefficient (Wildman–Crippen LogP) is 6.60. The number of aromatic nitrogens is 2. The summed E-state index contributed by atoms with van der Waals surface area (Å²) in [5.74, 6) is 0.912. The first-order valence-corrected chi connectivity index (χ1v) is 10.1. The monoisotopic (exact) mass is 437 g/mol. The molecule has 1 aliphatic heterocycles. The van der Waals surface area contributed by atoms with Crippen molar-refractivity contribution in [1.29, 1.82) is 0 Å². The summed E-state index contributed by atoms with van der Waals surface area (Å²) < 4.78 is 3.40. The molecule has 0 spiro atoms. The standard InChI is InChI=1S/C22H17BrClN3/c23-16-9-5-14(6-10-16)19-13-21(15-7-11-17(24)12-8-15)27-20-4-2-1-3-18(20)25-22(27)26-19/h1-12,19,21H,13H2,(H,25,26)/t19-,21-/m1/s1. The molecule has 0 amide bonds. The summed E-state index contributed by atoms with van der Waals surface area (Å²) >= 11 is 9.65. The molecule has 0 bridgehead atoms. The lowest BCUT2D eigenvalue weighted by molar-refractivity contribution is 0.477. The molecule has 2 heterocycles. The van der Waals surface area contributed by atoms with Gasteiger partial charge in [0.2, 0.25) is 5.95 Å². The maximum absolute atomic E-state index is 6.13. The molecule has 1 N–H and O–H groups in total. The maximum Gasteiger partial charge on any atom is 0.204 e. The van der Waals surface area contributed by atoms with Crippen molar-refractivity contribution >= 4 is 44.5 Å². The Morgan fingerprint density at radius 2 is 1.63 bits per heavy atom. The van der Waals surface area contributed by atoms with Gasteiger partial charge in [0.25, 0.3) is 0 Å². The van der Waals surface area contributed by atoms with E-state index in [2.05, 4.69) is 80.4 Å². The fourth-order valence-corrected chi connectivity index (χ4v) is 4.28. The van der Waals surface area contributed by atoms with Crippen molar-refractivity contribution < 1.29 is 0 Å². The Hall–Kier alpha value is -2.30. The van der Waals surface area contributed by atoms with Crippen LogP contribution in [0.5, 0.6) is 0 Å². The van der Waals surface area contributed by atoms with Gasteiger partial charge in [-0.3, -0.25) is 0 Å². The smallest absolute Gasteiger partial charge is 0.204 e. The van der Waals surface area contributed by atoms with E-state index in [4.69, 9.17) is 16.6 Å². The number of nitrogens with zero attached hydrogens (tertiary/aromatic N) is 2. The molecule has 0 aliphatic carbocycles. The quantitative estimate of drug-likeness (QED) is 0.382. The van der Waals surface area contributed by atoms with Crippen molar-refractivity contribution in [3.05, 3.63) is 93.4 Å². The number of anilines is 1. The van der Waals surface area contributed by atoms with Crippen LogP contribution >= 0.6 is 27.5 Å². The summed E-state index contributed by atoms with van der Waals surface area (Å²) in [5, 5.41) is 4.40. The largest absolute Gasteiger partial charge is 0.349 e. The van der Waals surface area contributed by atoms with Crippen LogP contribution in [0.3, 0.4) is 0 Å². The van der Waals surface area contributed by atoms with Gasteiger partial charge in [0.1, 0.15) is 0 Å². The van der Waals surface area contributed by atoms with Gasteiger partial charge in [-0.15, -0.1) is 0 Å². The molecule has 27 heavy (non-hydrogen) atoms. The zero-order valence-electron chi connectivity index (χ0n) is 14.4. The third-order valence-electron chi connectivity index (χ3n) is 5.20. The molecule has 0 fully saturated rings. The summed E-state index contributed by atoms with van der Waals surface area (Å²) in [7, 11) is 0. The number of hydrogen-bond acceptors (Lipinski definition) is 2. The molecule has 2 atom stereocenters. The highest BCUT2D eigenvalue weighted by Gasteiger charge is 2.30. The Morgan fingerprint density at radius 3 is 2.41 bits per heavy atom. The summed E-state index contributed by atoms with van der Waals surface area (Å²) in [4.78, 5) is 4.86. The second-order valence-electron chi connectivity index (χ2n) is 6.85.